The van der Waals surface area contributed by atoms with Crippen LogP contribution in [-0.4, -0.2) is 62.5 Å². The van der Waals surface area contributed by atoms with Crippen molar-refractivity contribution in [3.05, 3.63) is 12.4 Å². The van der Waals surface area contributed by atoms with E-state index in [1.807, 2.05) is 0 Å². The Kier molecular flexibility index (Phi) is 4.10. The fourth-order valence-corrected chi connectivity index (χ4v) is 3.17. The molecule has 1 aliphatic heterocycles. The van der Waals surface area contributed by atoms with Gasteiger partial charge in [-0.3, -0.25) is 13.7 Å². The fraction of sp³-hybridized carbons (Fsp3) is 0.636. The van der Waals surface area contributed by atoms with Gasteiger partial charge in [0.25, 0.3) is 0 Å². The molecule has 0 aromatic carbocycles. The molecule has 0 spiro atoms. The Labute approximate surface area is 123 Å². The Hall–Kier alpha value is -1.81. The molecule has 0 radical (unpaired) electrons. The van der Waals surface area contributed by atoms with E-state index in [1.54, 1.807) is 6.92 Å². The number of carboxylic acids is 1. The van der Waals surface area contributed by atoms with Gasteiger partial charge >= 0.3 is 5.97 Å². The first-order valence-electron chi connectivity index (χ1n) is 6.25. The quantitative estimate of drug-likeness (QED) is 0.526. The van der Waals surface area contributed by atoms with Gasteiger partial charge < -0.3 is 14.6 Å². The Morgan fingerprint density at radius 3 is 2.76 bits per heavy atom. The van der Waals surface area contributed by atoms with Gasteiger partial charge in [-0.2, -0.15) is 0 Å². The van der Waals surface area contributed by atoms with E-state index in [0.29, 0.717) is 0 Å². The van der Waals surface area contributed by atoms with Gasteiger partial charge in [-0.15, -0.1) is 5.10 Å². The minimum absolute atomic E-state index is 0.212. The molecular formula is C11H15N4O5S-. The van der Waals surface area contributed by atoms with Crippen molar-refractivity contribution in [2.75, 3.05) is 0 Å². The Morgan fingerprint density at radius 1 is 1.71 bits per heavy atom. The number of β-lactam (4-membered cyclic amide) rings is 1. The predicted octanol–water partition coefficient (Wildman–Crippen LogP) is -1.01. The van der Waals surface area contributed by atoms with E-state index in [4.69, 9.17) is 0 Å². The SMILES string of the molecule is C[C@@H]1CC(=O)N1[C@@H](C(=O)O)[C@](C)(Cn1ccnn1)S(=O)[O-]. The molecule has 4 atom stereocenters. The van der Waals surface area contributed by atoms with Gasteiger partial charge in [0.2, 0.25) is 5.91 Å². The molecule has 2 heterocycles. The summed E-state index contributed by atoms with van der Waals surface area (Å²) in [5.74, 6) is -1.73. The molecule has 1 unspecified atom stereocenters. The monoisotopic (exact) mass is 315 g/mol. The summed E-state index contributed by atoms with van der Waals surface area (Å²) in [6, 6.07) is -1.78. The lowest BCUT2D eigenvalue weighted by atomic mass is 9.91. The summed E-state index contributed by atoms with van der Waals surface area (Å²) in [7, 11) is 0. The number of carbonyl (C=O) groups excluding carboxylic acids is 1. The van der Waals surface area contributed by atoms with Gasteiger partial charge in [-0.1, -0.05) is 5.21 Å². The summed E-state index contributed by atoms with van der Waals surface area (Å²) in [5, 5.41) is 16.7. The van der Waals surface area contributed by atoms with Gasteiger partial charge in [-0.25, -0.2) is 4.79 Å². The number of nitrogens with zero attached hydrogens (tertiary/aromatic N) is 4. The first-order valence-corrected chi connectivity index (χ1v) is 7.32. The standard InChI is InChI=1S/C11H16N4O5S/c1-7-5-8(16)15(7)9(10(17)18)11(2,21(19)20)6-14-4-3-12-13-14/h3-4,7,9H,5-6H2,1-2H3,(H,17,18)(H,19,20)/p-1/t7-,9+,11+/m1/s1. The van der Waals surface area contributed by atoms with Crippen LogP contribution in [0.5, 0.6) is 0 Å². The largest absolute Gasteiger partial charge is 0.772 e. The van der Waals surface area contributed by atoms with Gasteiger partial charge in [0.05, 0.1) is 17.5 Å². The molecule has 21 heavy (non-hydrogen) atoms. The van der Waals surface area contributed by atoms with E-state index in [-0.39, 0.29) is 24.9 Å². The van der Waals surface area contributed by atoms with Crippen LogP contribution < -0.4 is 0 Å². The molecule has 2 rings (SSSR count). The lowest BCUT2D eigenvalue weighted by Crippen LogP contribution is -2.67. The first kappa shape index (κ1) is 15.6. The zero-order chi connectivity index (χ0) is 15.8. The number of aliphatic carboxylic acids is 1. The zero-order valence-corrected chi connectivity index (χ0v) is 12.3. The number of carboxylic acid groups (broad SMARTS) is 1. The van der Waals surface area contributed by atoms with Crippen LogP contribution in [0, 0.1) is 0 Å². The highest BCUT2D eigenvalue weighted by Gasteiger charge is 2.51. The lowest BCUT2D eigenvalue weighted by Gasteiger charge is -2.49. The number of aromatic nitrogens is 3. The van der Waals surface area contributed by atoms with Crippen LogP contribution in [0.15, 0.2) is 12.4 Å². The highest BCUT2D eigenvalue weighted by Crippen LogP contribution is 2.32. The van der Waals surface area contributed by atoms with Crippen LogP contribution in [0.3, 0.4) is 0 Å². The van der Waals surface area contributed by atoms with Crippen molar-refractivity contribution < 1.29 is 23.5 Å². The number of rotatable bonds is 6. The van der Waals surface area contributed by atoms with E-state index >= 15 is 0 Å². The number of carbonyl (C=O) groups is 2. The van der Waals surface area contributed by atoms with E-state index in [2.05, 4.69) is 10.3 Å². The summed E-state index contributed by atoms with van der Waals surface area (Å²) < 4.78 is 22.9. The molecule has 1 saturated heterocycles. The van der Waals surface area contributed by atoms with Crippen LogP contribution >= 0.6 is 0 Å². The van der Waals surface area contributed by atoms with E-state index in [1.165, 1.54) is 24.0 Å². The molecule has 1 amide bonds. The fourth-order valence-electron chi connectivity index (χ4n) is 2.53. The van der Waals surface area contributed by atoms with Crippen LogP contribution in [0.2, 0.25) is 0 Å². The number of likely N-dealkylation sites (tertiary alicyclic amines) is 1. The highest BCUT2D eigenvalue weighted by atomic mass is 32.2. The van der Waals surface area contributed by atoms with Crippen molar-refractivity contribution in [2.45, 2.75) is 43.6 Å². The molecule has 0 bridgehead atoms. The Bertz CT molecular complexity index is 577. The van der Waals surface area contributed by atoms with Crippen molar-refractivity contribution >= 4 is 23.0 Å². The summed E-state index contributed by atoms with van der Waals surface area (Å²) in [6.07, 6.45) is 3.02. The number of amides is 1. The predicted molar refractivity (Wildman–Crippen MR) is 69.7 cm³/mol. The summed E-state index contributed by atoms with van der Waals surface area (Å²) in [5.41, 5.74) is 0. The molecule has 1 N–H and O–H groups in total. The summed E-state index contributed by atoms with van der Waals surface area (Å²) in [4.78, 5) is 24.4. The zero-order valence-electron chi connectivity index (χ0n) is 11.5. The Balaban J connectivity index is 2.39. The van der Waals surface area contributed by atoms with Gasteiger partial charge in [0, 0.05) is 18.7 Å². The minimum atomic E-state index is -2.74. The average Bonchev–Trinajstić information content (AvgIpc) is 2.87. The smallest absolute Gasteiger partial charge is 0.328 e. The maximum Gasteiger partial charge on any atom is 0.328 e. The number of hydrogen-bond donors (Lipinski definition) is 1. The molecule has 10 heteroatoms. The van der Waals surface area contributed by atoms with E-state index < -0.39 is 27.8 Å². The van der Waals surface area contributed by atoms with Crippen LogP contribution in [-0.2, 0) is 27.2 Å². The van der Waals surface area contributed by atoms with E-state index in [0.717, 1.165) is 4.90 Å². The molecule has 1 aromatic rings. The number of hydrogen-bond acceptors (Lipinski definition) is 6. The minimum Gasteiger partial charge on any atom is -0.772 e. The average molecular weight is 315 g/mol. The van der Waals surface area contributed by atoms with Crippen LogP contribution in [0.1, 0.15) is 20.3 Å². The lowest BCUT2D eigenvalue weighted by molar-refractivity contribution is -0.163. The third kappa shape index (κ3) is 2.68. The third-order valence-electron chi connectivity index (χ3n) is 3.65. The Morgan fingerprint density at radius 2 is 2.38 bits per heavy atom. The van der Waals surface area contributed by atoms with Crippen molar-refractivity contribution in [3.63, 3.8) is 0 Å². The second kappa shape index (κ2) is 5.53. The second-order valence-corrected chi connectivity index (χ2v) is 6.64. The summed E-state index contributed by atoms with van der Waals surface area (Å²) >= 11 is -2.74. The highest BCUT2D eigenvalue weighted by molar-refractivity contribution is 7.80. The molecule has 0 aliphatic carbocycles. The normalized spacial score (nSPS) is 24.0. The molecule has 1 aromatic heterocycles. The van der Waals surface area contributed by atoms with Crippen molar-refractivity contribution in [1.29, 1.82) is 0 Å². The molecule has 116 valence electrons. The first-order chi connectivity index (χ1) is 9.77. The van der Waals surface area contributed by atoms with Gasteiger partial charge in [0.1, 0.15) is 6.04 Å². The maximum absolute atomic E-state index is 11.7. The van der Waals surface area contributed by atoms with Crippen LogP contribution in [0.4, 0.5) is 0 Å². The second-order valence-electron chi connectivity index (χ2n) is 5.24. The third-order valence-corrected chi connectivity index (χ3v) is 4.77. The molecule has 9 nitrogen and oxygen atoms in total. The van der Waals surface area contributed by atoms with Gasteiger partial charge in [0.15, 0.2) is 0 Å². The summed E-state index contributed by atoms with van der Waals surface area (Å²) in [6.45, 7) is 2.76. The van der Waals surface area contributed by atoms with Crippen molar-refractivity contribution in [3.8, 4) is 0 Å². The molecule has 1 aliphatic rings. The van der Waals surface area contributed by atoms with Crippen molar-refractivity contribution in [2.24, 2.45) is 0 Å². The maximum atomic E-state index is 11.7. The van der Waals surface area contributed by atoms with E-state index in [9.17, 15) is 23.5 Å². The topological polar surface area (TPSA) is 128 Å². The molecule has 0 saturated carbocycles. The van der Waals surface area contributed by atoms with Crippen LogP contribution in [0.25, 0.3) is 0 Å². The molecule has 1 fully saturated rings. The van der Waals surface area contributed by atoms with Gasteiger partial charge in [-0.05, 0) is 24.9 Å². The molecular weight excluding hydrogens is 300 g/mol. The van der Waals surface area contributed by atoms with Crippen molar-refractivity contribution in [1.82, 2.24) is 19.9 Å².